The van der Waals surface area contributed by atoms with E-state index in [-0.39, 0.29) is 23.3 Å². The van der Waals surface area contributed by atoms with Crippen molar-refractivity contribution in [2.75, 3.05) is 19.6 Å². The molecule has 21 heavy (non-hydrogen) atoms. The smallest absolute Gasteiger partial charge is 0.227 e. The second kappa shape index (κ2) is 7.50. The van der Waals surface area contributed by atoms with Gasteiger partial charge in [0.05, 0.1) is 6.42 Å². The van der Waals surface area contributed by atoms with Crippen LogP contribution in [0.25, 0.3) is 0 Å². The summed E-state index contributed by atoms with van der Waals surface area (Å²) in [7, 11) is 0. The number of carbonyl (C=O) groups excluding carboxylic acids is 1. The standard InChI is InChI=1S/C16H24F2N2O/c1-4-8-20(11-16(2,3)10-19)14(21)9-12-6-5-7-13(17)15(12)18/h5-7H,4,8-11,19H2,1-3H3. The van der Waals surface area contributed by atoms with Crippen molar-refractivity contribution in [3.8, 4) is 0 Å². The van der Waals surface area contributed by atoms with Gasteiger partial charge in [-0.1, -0.05) is 32.9 Å². The van der Waals surface area contributed by atoms with E-state index in [9.17, 15) is 13.6 Å². The number of hydrogen-bond acceptors (Lipinski definition) is 2. The van der Waals surface area contributed by atoms with Crippen molar-refractivity contribution in [2.24, 2.45) is 11.1 Å². The van der Waals surface area contributed by atoms with Crippen molar-refractivity contribution in [3.63, 3.8) is 0 Å². The van der Waals surface area contributed by atoms with E-state index in [0.29, 0.717) is 19.6 Å². The molecule has 0 heterocycles. The summed E-state index contributed by atoms with van der Waals surface area (Å²) in [5.74, 6) is -2.08. The summed E-state index contributed by atoms with van der Waals surface area (Å²) < 4.78 is 26.8. The molecule has 5 heteroatoms. The maximum Gasteiger partial charge on any atom is 0.227 e. The maximum absolute atomic E-state index is 13.6. The Balaban J connectivity index is 2.84. The molecular formula is C16H24F2N2O. The minimum atomic E-state index is -0.944. The molecule has 0 aliphatic heterocycles. The van der Waals surface area contributed by atoms with Crippen LogP contribution in [0, 0.1) is 17.0 Å². The highest BCUT2D eigenvalue weighted by molar-refractivity contribution is 5.78. The molecule has 1 aromatic carbocycles. The summed E-state index contributed by atoms with van der Waals surface area (Å²) in [4.78, 5) is 14.0. The molecule has 0 fully saturated rings. The normalized spacial score (nSPS) is 11.5. The van der Waals surface area contributed by atoms with Crippen LogP contribution in [0.15, 0.2) is 18.2 Å². The van der Waals surface area contributed by atoms with Crippen LogP contribution in [0.2, 0.25) is 0 Å². The van der Waals surface area contributed by atoms with E-state index in [1.165, 1.54) is 12.1 Å². The van der Waals surface area contributed by atoms with E-state index < -0.39 is 11.6 Å². The van der Waals surface area contributed by atoms with Crippen LogP contribution in [0.4, 0.5) is 8.78 Å². The molecule has 1 amide bonds. The number of benzene rings is 1. The van der Waals surface area contributed by atoms with Gasteiger partial charge in [0.1, 0.15) is 0 Å². The SMILES string of the molecule is CCCN(CC(C)(C)CN)C(=O)Cc1cccc(F)c1F. The molecule has 0 aliphatic carbocycles. The number of halogens is 2. The first-order chi connectivity index (χ1) is 9.80. The molecule has 0 aliphatic rings. The highest BCUT2D eigenvalue weighted by Crippen LogP contribution is 2.18. The van der Waals surface area contributed by atoms with E-state index >= 15 is 0 Å². The van der Waals surface area contributed by atoms with Gasteiger partial charge in [0.25, 0.3) is 0 Å². The second-order valence-electron chi connectivity index (χ2n) is 6.07. The van der Waals surface area contributed by atoms with Crippen LogP contribution < -0.4 is 5.73 Å². The van der Waals surface area contributed by atoms with Crippen molar-refractivity contribution in [1.29, 1.82) is 0 Å². The van der Waals surface area contributed by atoms with E-state index in [1.807, 2.05) is 20.8 Å². The predicted molar refractivity (Wildman–Crippen MR) is 79.8 cm³/mol. The predicted octanol–water partition coefficient (Wildman–Crippen LogP) is 2.73. The van der Waals surface area contributed by atoms with Crippen LogP contribution in [0.1, 0.15) is 32.8 Å². The van der Waals surface area contributed by atoms with Crippen molar-refractivity contribution < 1.29 is 13.6 Å². The van der Waals surface area contributed by atoms with Gasteiger partial charge in [-0.3, -0.25) is 4.79 Å². The largest absolute Gasteiger partial charge is 0.342 e. The lowest BCUT2D eigenvalue weighted by Gasteiger charge is -2.32. The average Bonchev–Trinajstić information content (AvgIpc) is 2.43. The van der Waals surface area contributed by atoms with Gasteiger partial charge < -0.3 is 10.6 Å². The van der Waals surface area contributed by atoms with E-state index in [2.05, 4.69) is 0 Å². The monoisotopic (exact) mass is 298 g/mol. The molecule has 0 radical (unpaired) electrons. The Morgan fingerprint density at radius 1 is 1.33 bits per heavy atom. The fraction of sp³-hybridized carbons (Fsp3) is 0.562. The summed E-state index contributed by atoms with van der Waals surface area (Å²) in [6.07, 6.45) is 0.669. The van der Waals surface area contributed by atoms with Gasteiger partial charge in [-0.2, -0.15) is 0 Å². The van der Waals surface area contributed by atoms with Gasteiger partial charge in [0.2, 0.25) is 5.91 Å². The zero-order valence-electron chi connectivity index (χ0n) is 13.0. The molecular weight excluding hydrogens is 274 g/mol. The summed E-state index contributed by atoms with van der Waals surface area (Å²) in [5, 5.41) is 0. The summed E-state index contributed by atoms with van der Waals surface area (Å²) in [6, 6.07) is 3.90. The maximum atomic E-state index is 13.6. The molecule has 0 unspecified atom stereocenters. The Labute approximate surface area is 125 Å². The Kier molecular flexibility index (Phi) is 6.27. The quantitative estimate of drug-likeness (QED) is 0.841. The number of carbonyl (C=O) groups is 1. The molecule has 1 rings (SSSR count). The topological polar surface area (TPSA) is 46.3 Å². The average molecular weight is 298 g/mol. The van der Waals surface area contributed by atoms with Crippen LogP contribution in [0.5, 0.6) is 0 Å². The van der Waals surface area contributed by atoms with Gasteiger partial charge in [0, 0.05) is 18.7 Å². The van der Waals surface area contributed by atoms with Crippen molar-refractivity contribution in [3.05, 3.63) is 35.4 Å². The third-order valence-electron chi connectivity index (χ3n) is 3.39. The van der Waals surface area contributed by atoms with E-state index in [4.69, 9.17) is 5.73 Å². The molecule has 3 nitrogen and oxygen atoms in total. The first-order valence-corrected chi connectivity index (χ1v) is 7.21. The lowest BCUT2D eigenvalue weighted by molar-refractivity contribution is -0.131. The molecule has 118 valence electrons. The Morgan fingerprint density at radius 3 is 2.57 bits per heavy atom. The summed E-state index contributed by atoms with van der Waals surface area (Å²) in [6.45, 7) is 7.47. The van der Waals surface area contributed by atoms with Crippen LogP contribution in [-0.4, -0.2) is 30.4 Å². The first-order valence-electron chi connectivity index (χ1n) is 7.21. The molecule has 0 saturated carbocycles. The molecule has 1 aromatic rings. The lowest BCUT2D eigenvalue weighted by atomic mass is 9.92. The minimum Gasteiger partial charge on any atom is -0.342 e. The summed E-state index contributed by atoms with van der Waals surface area (Å²) in [5.41, 5.74) is 5.59. The zero-order chi connectivity index (χ0) is 16.0. The van der Waals surface area contributed by atoms with Crippen molar-refractivity contribution in [1.82, 2.24) is 4.90 Å². The van der Waals surface area contributed by atoms with Gasteiger partial charge >= 0.3 is 0 Å². The highest BCUT2D eigenvalue weighted by atomic mass is 19.2. The number of rotatable bonds is 7. The van der Waals surface area contributed by atoms with Gasteiger partial charge in [-0.05, 0) is 24.4 Å². The van der Waals surface area contributed by atoms with Gasteiger partial charge in [-0.25, -0.2) is 8.78 Å². The third-order valence-corrected chi connectivity index (χ3v) is 3.39. The number of amides is 1. The Hall–Kier alpha value is -1.49. The highest BCUT2D eigenvalue weighted by Gasteiger charge is 2.24. The Morgan fingerprint density at radius 2 is 2.00 bits per heavy atom. The van der Waals surface area contributed by atoms with E-state index in [1.54, 1.807) is 4.90 Å². The van der Waals surface area contributed by atoms with Gasteiger partial charge in [-0.15, -0.1) is 0 Å². The fourth-order valence-electron chi connectivity index (χ4n) is 2.10. The number of hydrogen-bond donors (Lipinski definition) is 1. The molecule has 0 atom stereocenters. The molecule has 2 N–H and O–H groups in total. The third kappa shape index (κ3) is 5.08. The lowest BCUT2D eigenvalue weighted by Crippen LogP contribution is -2.43. The van der Waals surface area contributed by atoms with Crippen molar-refractivity contribution >= 4 is 5.91 Å². The number of nitrogens with zero attached hydrogens (tertiary/aromatic N) is 1. The van der Waals surface area contributed by atoms with E-state index in [0.717, 1.165) is 12.5 Å². The Bertz CT molecular complexity index is 489. The minimum absolute atomic E-state index is 0.0895. The number of nitrogens with two attached hydrogens (primary N) is 1. The molecule has 0 saturated heterocycles. The summed E-state index contributed by atoms with van der Waals surface area (Å²) >= 11 is 0. The van der Waals surface area contributed by atoms with Crippen LogP contribution in [0.3, 0.4) is 0 Å². The van der Waals surface area contributed by atoms with Crippen LogP contribution >= 0.6 is 0 Å². The molecule has 0 spiro atoms. The second-order valence-corrected chi connectivity index (χ2v) is 6.07. The fourth-order valence-corrected chi connectivity index (χ4v) is 2.10. The van der Waals surface area contributed by atoms with Crippen LogP contribution in [-0.2, 0) is 11.2 Å². The zero-order valence-corrected chi connectivity index (χ0v) is 13.0. The van der Waals surface area contributed by atoms with Gasteiger partial charge in [0.15, 0.2) is 11.6 Å². The van der Waals surface area contributed by atoms with Crippen molar-refractivity contribution in [2.45, 2.75) is 33.6 Å². The molecule has 0 bridgehead atoms. The first kappa shape index (κ1) is 17.6. The molecule has 0 aromatic heterocycles.